The van der Waals surface area contributed by atoms with Crippen LogP contribution in [-0.2, 0) is 21.2 Å². The molecule has 0 bridgehead atoms. The molecule has 4 rings (SSSR count). The molecule has 1 amide bonds. The fourth-order valence-corrected chi connectivity index (χ4v) is 5.37. The van der Waals surface area contributed by atoms with E-state index in [4.69, 9.17) is 4.52 Å². The number of carbonyl (C=O) groups excluding carboxylic acids is 2. The Morgan fingerprint density at radius 3 is 2.44 bits per heavy atom. The number of hydrogen-bond donors (Lipinski definition) is 1. The minimum atomic E-state index is -3.73. The Hall–Kier alpha value is -3.37. The van der Waals surface area contributed by atoms with Gasteiger partial charge in [-0.25, -0.2) is 8.42 Å². The highest BCUT2D eigenvalue weighted by Crippen LogP contribution is 2.27. The van der Waals surface area contributed by atoms with Crippen LogP contribution in [0.4, 0.5) is 5.69 Å². The molecular formula is C24H26N4O5S. The molecule has 178 valence electrons. The van der Waals surface area contributed by atoms with Crippen molar-refractivity contribution in [3.05, 3.63) is 60.0 Å². The number of aromatic nitrogens is 2. The molecular weight excluding hydrogens is 456 g/mol. The summed E-state index contributed by atoms with van der Waals surface area (Å²) in [6.07, 6.45) is 1.43. The summed E-state index contributed by atoms with van der Waals surface area (Å²) in [6, 6.07) is 13.2. The Labute approximate surface area is 198 Å². The van der Waals surface area contributed by atoms with E-state index in [0.717, 1.165) is 0 Å². The first-order chi connectivity index (χ1) is 16.3. The Morgan fingerprint density at radius 1 is 1.12 bits per heavy atom. The number of rotatable bonds is 7. The normalized spacial score (nSPS) is 15.2. The number of sulfonamides is 1. The number of piperidine rings is 1. The van der Waals surface area contributed by atoms with Crippen molar-refractivity contribution >= 4 is 27.4 Å². The van der Waals surface area contributed by atoms with Crippen molar-refractivity contribution in [1.82, 2.24) is 14.4 Å². The van der Waals surface area contributed by atoms with Gasteiger partial charge in [0.25, 0.3) is 0 Å². The minimum absolute atomic E-state index is 0.0417. The van der Waals surface area contributed by atoms with Gasteiger partial charge in [-0.1, -0.05) is 24.2 Å². The zero-order chi connectivity index (χ0) is 24.3. The number of amides is 1. The summed E-state index contributed by atoms with van der Waals surface area (Å²) in [4.78, 5) is 28.5. The van der Waals surface area contributed by atoms with Crippen LogP contribution in [0.25, 0.3) is 11.4 Å². The highest BCUT2D eigenvalue weighted by atomic mass is 32.2. The third-order valence-electron chi connectivity index (χ3n) is 5.88. The first kappa shape index (κ1) is 23.8. The maximum atomic E-state index is 13.2. The monoisotopic (exact) mass is 482 g/mol. The highest BCUT2D eigenvalue weighted by Gasteiger charge is 2.32. The van der Waals surface area contributed by atoms with Gasteiger partial charge in [-0.2, -0.15) is 9.29 Å². The van der Waals surface area contributed by atoms with E-state index in [0.29, 0.717) is 47.8 Å². The molecule has 1 N–H and O–H groups in total. The van der Waals surface area contributed by atoms with E-state index in [2.05, 4.69) is 15.5 Å². The van der Waals surface area contributed by atoms with E-state index in [1.165, 1.54) is 11.2 Å². The lowest BCUT2D eigenvalue weighted by atomic mass is 9.97. The van der Waals surface area contributed by atoms with E-state index in [1.807, 2.05) is 6.92 Å². The van der Waals surface area contributed by atoms with Gasteiger partial charge in [-0.15, -0.1) is 0 Å². The second-order valence-corrected chi connectivity index (χ2v) is 10.1. The smallest absolute Gasteiger partial charge is 0.243 e. The molecule has 1 aromatic heterocycles. The Balaban J connectivity index is 1.40. The lowest BCUT2D eigenvalue weighted by Gasteiger charge is -2.30. The van der Waals surface area contributed by atoms with Crippen LogP contribution in [0.1, 0.15) is 42.9 Å². The molecule has 0 unspecified atom stereocenters. The molecule has 2 heterocycles. The molecule has 0 aliphatic carbocycles. The molecule has 10 heteroatoms. The van der Waals surface area contributed by atoms with Crippen molar-refractivity contribution in [2.24, 2.45) is 5.92 Å². The van der Waals surface area contributed by atoms with Crippen LogP contribution in [0.3, 0.4) is 0 Å². The number of aryl methyl sites for hydroxylation is 1. The van der Waals surface area contributed by atoms with Gasteiger partial charge in [-0.3, -0.25) is 9.59 Å². The van der Waals surface area contributed by atoms with Crippen molar-refractivity contribution in [3.8, 4) is 11.4 Å². The largest absolute Gasteiger partial charge is 0.339 e. The van der Waals surface area contributed by atoms with Crippen LogP contribution in [0.2, 0.25) is 0 Å². The number of nitrogens with zero attached hydrogens (tertiary/aromatic N) is 3. The fourth-order valence-electron chi connectivity index (χ4n) is 3.85. The molecule has 1 aliphatic rings. The number of ketones is 1. The van der Waals surface area contributed by atoms with Gasteiger partial charge in [0.2, 0.25) is 27.6 Å². The number of carbonyl (C=O) groups is 2. The quantitative estimate of drug-likeness (QED) is 0.511. The number of nitrogens with one attached hydrogen (secondary N) is 1. The average molecular weight is 483 g/mol. The first-order valence-corrected chi connectivity index (χ1v) is 12.6. The van der Waals surface area contributed by atoms with Crippen molar-refractivity contribution in [2.75, 3.05) is 18.4 Å². The van der Waals surface area contributed by atoms with Crippen LogP contribution in [-0.4, -0.2) is 47.6 Å². The third-order valence-corrected chi connectivity index (χ3v) is 7.78. The van der Waals surface area contributed by atoms with Crippen molar-refractivity contribution in [2.45, 2.75) is 38.0 Å². The molecule has 9 nitrogen and oxygen atoms in total. The summed E-state index contributed by atoms with van der Waals surface area (Å²) in [5, 5.41) is 6.77. The molecule has 0 spiro atoms. The van der Waals surface area contributed by atoms with E-state index in [1.54, 1.807) is 48.5 Å². The van der Waals surface area contributed by atoms with Gasteiger partial charge in [0, 0.05) is 42.2 Å². The molecule has 2 aromatic carbocycles. The van der Waals surface area contributed by atoms with Gasteiger partial charge in [-0.05, 0) is 56.2 Å². The molecule has 0 radical (unpaired) electrons. The zero-order valence-electron chi connectivity index (χ0n) is 19.0. The van der Waals surface area contributed by atoms with E-state index < -0.39 is 10.0 Å². The predicted octanol–water partition coefficient (Wildman–Crippen LogP) is 3.54. The predicted molar refractivity (Wildman–Crippen MR) is 126 cm³/mol. The maximum Gasteiger partial charge on any atom is 0.243 e. The van der Waals surface area contributed by atoms with Gasteiger partial charge in [0.1, 0.15) is 0 Å². The summed E-state index contributed by atoms with van der Waals surface area (Å²) >= 11 is 0. The first-order valence-electron chi connectivity index (χ1n) is 11.1. The standard InChI is InChI=1S/C24H26N4O5S/c1-3-22-26-23(27-33-22)19-5-4-6-21(15-19)34(31,32)28-13-11-18(12-14-28)24(30)25-20-9-7-17(8-10-20)16(2)29/h4-10,15,18H,3,11-14H2,1-2H3,(H,25,30). The van der Waals surface area contributed by atoms with Crippen LogP contribution in [0.15, 0.2) is 57.9 Å². The topological polar surface area (TPSA) is 122 Å². The molecule has 0 atom stereocenters. The third kappa shape index (κ3) is 5.07. The van der Waals surface area contributed by atoms with E-state index in [-0.39, 0.29) is 35.6 Å². The van der Waals surface area contributed by atoms with Crippen molar-refractivity contribution in [3.63, 3.8) is 0 Å². The zero-order valence-corrected chi connectivity index (χ0v) is 19.8. The number of anilines is 1. The van der Waals surface area contributed by atoms with E-state index in [9.17, 15) is 18.0 Å². The molecule has 3 aromatic rings. The maximum absolute atomic E-state index is 13.2. The highest BCUT2D eigenvalue weighted by molar-refractivity contribution is 7.89. The second kappa shape index (κ2) is 9.86. The number of hydrogen-bond acceptors (Lipinski definition) is 7. The van der Waals surface area contributed by atoms with Gasteiger partial charge < -0.3 is 9.84 Å². The second-order valence-electron chi connectivity index (χ2n) is 8.19. The SMILES string of the molecule is CCc1nc(-c2cccc(S(=O)(=O)N3CCC(C(=O)Nc4ccc(C(C)=O)cc4)CC3)c2)no1. The van der Waals surface area contributed by atoms with Crippen LogP contribution < -0.4 is 5.32 Å². The van der Waals surface area contributed by atoms with Gasteiger partial charge >= 0.3 is 0 Å². The summed E-state index contributed by atoms with van der Waals surface area (Å²) in [6.45, 7) is 3.87. The summed E-state index contributed by atoms with van der Waals surface area (Å²) in [7, 11) is -3.73. The Bertz CT molecular complexity index is 1290. The van der Waals surface area contributed by atoms with Gasteiger partial charge in [0.15, 0.2) is 5.78 Å². The minimum Gasteiger partial charge on any atom is -0.339 e. The van der Waals surface area contributed by atoms with Crippen LogP contribution >= 0.6 is 0 Å². The summed E-state index contributed by atoms with van der Waals surface area (Å²) < 4.78 is 33.0. The van der Waals surface area contributed by atoms with Crippen molar-refractivity contribution in [1.29, 1.82) is 0 Å². The lowest BCUT2D eigenvalue weighted by molar-refractivity contribution is -0.120. The number of Topliss-reactive ketones (excluding diaryl/α,β-unsaturated/α-hetero) is 1. The molecule has 0 saturated carbocycles. The Morgan fingerprint density at radius 2 is 1.82 bits per heavy atom. The van der Waals surface area contributed by atoms with Crippen molar-refractivity contribution < 1.29 is 22.5 Å². The summed E-state index contributed by atoms with van der Waals surface area (Å²) in [5.41, 5.74) is 1.75. The molecule has 34 heavy (non-hydrogen) atoms. The molecule has 1 saturated heterocycles. The van der Waals surface area contributed by atoms with E-state index >= 15 is 0 Å². The molecule has 1 fully saturated rings. The van der Waals surface area contributed by atoms with Crippen LogP contribution in [0.5, 0.6) is 0 Å². The fraction of sp³-hybridized carbons (Fsp3) is 0.333. The lowest BCUT2D eigenvalue weighted by Crippen LogP contribution is -2.41. The van der Waals surface area contributed by atoms with Gasteiger partial charge in [0.05, 0.1) is 4.90 Å². The van der Waals surface area contributed by atoms with Crippen LogP contribution in [0, 0.1) is 5.92 Å². The summed E-state index contributed by atoms with van der Waals surface area (Å²) in [5.74, 6) is 0.342. The number of benzene rings is 2. The average Bonchev–Trinajstić information content (AvgIpc) is 3.34. The molecule has 1 aliphatic heterocycles. The Kier molecular flexibility index (Phi) is 6.90.